The third-order valence-electron chi connectivity index (χ3n) is 4.87. The standard InChI is InChI=1S/C19H18N3OS/c1-2-4-18-17(3-1)21-19(24-18)23-16-7-5-13(6-8-16)11-22-12-14-9-15(22)10-20-14/h1-8,14-15H,9-12H2/t14-,15-/m0/s1. The molecule has 0 saturated carbocycles. The van der Waals surface area contributed by atoms with Gasteiger partial charge in [-0.1, -0.05) is 35.6 Å². The van der Waals surface area contributed by atoms with Crippen LogP contribution in [0.15, 0.2) is 48.5 Å². The van der Waals surface area contributed by atoms with Crippen LogP contribution in [0.3, 0.4) is 0 Å². The average Bonchev–Trinajstić information content (AvgIpc) is 3.31. The van der Waals surface area contributed by atoms with Crippen molar-refractivity contribution < 1.29 is 4.74 Å². The number of fused-ring (bicyclic) bond motifs is 3. The van der Waals surface area contributed by atoms with Gasteiger partial charge in [-0.2, -0.15) is 0 Å². The summed E-state index contributed by atoms with van der Waals surface area (Å²) in [6.07, 6.45) is 1.25. The van der Waals surface area contributed by atoms with Crippen molar-refractivity contribution in [1.29, 1.82) is 0 Å². The van der Waals surface area contributed by atoms with Crippen LogP contribution in [0.25, 0.3) is 10.2 Å². The van der Waals surface area contributed by atoms with E-state index in [-0.39, 0.29) is 0 Å². The van der Waals surface area contributed by atoms with Crippen molar-refractivity contribution in [1.82, 2.24) is 15.2 Å². The maximum atomic E-state index is 5.92. The molecule has 1 radical (unpaired) electrons. The lowest BCUT2D eigenvalue weighted by Crippen LogP contribution is -2.39. The molecule has 1 aromatic heterocycles. The van der Waals surface area contributed by atoms with Gasteiger partial charge in [0.25, 0.3) is 5.19 Å². The summed E-state index contributed by atoms with van der Waals surface area (Å²) < 4.78 is 7.07. The van der Waals surface area contributed by atoms with Crippen LogP contribution >= 0.6 is 11.3 Å². The molecule has 2 saturated heterocycles. The highest BCUT2D eigenvalue weighted by molar-refractivity contribution is 7.20. The Labute approximate surface area is 145 Å². The molecule has 3 aromatic rings. The van der Waals surface area contributed by atoms with E-state index in [1.165, 1.54) is 12.0 Å². The Bertz CT molecular complexity index is 827. The molecule has 0 N–H and O–H groups in total. The van der Waals surface area contributed by atoms with Crippen molar-refractivity contribution in [3.63, 3.8) is 0 Å². The van der Waals surface area contributed by atoms with Crippen LogP contribution in [0.2, 0.25) is 0 Å². The molecular weight excluding hydrogens is 318 g/mol. The Kier molecular flexibility index (Phi) is 3.51. The first-order valence-electron chi connectivity index (χ1n) is 8.36. The predicted octanol–water partition coefficient (Wildman–Crippen LogP) is 3.65. The maximum Gasteiger partial charge on any atom is 0.279 e. The first-order chi connectivity index (χ1) is 11.8. The number of piperazine rings is 1. The van der Waals surface area contributed by atoms with E-state index in [1.54, 1.807) is 11.3 Å². The Morgan fingerprint density at radius 1 is 1.12 bits per heavy atom. The number of aromatic nitrogens is 1. The Balaban J connectivity index is 1.27. The molecule has 3 heterocycles. The van der Waals surface area contributed by atoms with Gasteiger partial charge in [-0.25, -0.2) is 10.3 Å². The molecule has 5 rings (SSSR count). The number of likely N-dealkylation sites (tertiary alicyclic amines) is 1. The van der Waals surface area contributed by atoms with E-state index < -0.39 is 0 Å². The van der Waals surface area contributed by atoms with Crippen molar-refractivity contribution >= 4 is 21.6 Å². The summed E-state index contributed by atoms with van der Waals surface area (Å²) >= 11 is 1.58. The fourth-order valence-electron chi connectivity index (χ4n) is 3.64. The Hall–Kier alpha value is -1.95. The summed E-state index contributed by atoms with van der Waals surface area (Å²) in [4.78, 5) is 7.07. The molecule has 0 amide bonds. The third kappa shape index (κ3) is 2.69. The minimum absolute atomic E-state index is 0.580. The minimum atomic E-state index is 0.580. The van der Waals surface area contributed by atoms with E-state index in [4.69, 9.17) is 4.74 Å². The van der Waals surface area contributed by atoms with Crippen LogP contribution in [0.1, 0.15) is 12.0 Å². The Morgan fingerprint density at radius 2 is 2.00 bits per heavy atom. The molecule has 2 atom stereocenters. The molecular formula is C19H18N3OS. The lowest BCUT2D eigenvalue weighted by atomic mass is 10.2. The number of hydrogen-bond donors (Lipinski definition) is 0. The molecule has 2 aliphatic rings. The summed E-state index contributed by atoms with van der Waals surface area (Å²) in [6.45, 7) is 3.15. The summed E-state index contributed by atoms with van der Waals surface area (Å²) in [5.41, 5.74) is 2.32. The van der Waals surface area contributed by atoms with Crippen LogP contribution in [-0.4, -0.2) is 35.1 Å². The minimum Gasteiger partial charge on any atom is -0.431 e. The predicted molar refractivity (Wildman–Crippen MR) is 95.7 cm³/mol. The summed E-state index contributed by atoms with van der Waals surface area (Å²) in [6, 6.07) is 17.7. The zero-order valence-electron chi connectivity index (χ0n) is 13.3. The number of thiazole rings is 1. The summed E-state index contributed by atoms with van der Waals surface area (Å²) in [5.74, 6) is 0.843. The maximum absolute atomic E-state index is 5.92. The Morgan fingerprint density at radius 3 is 2.75 bits per heavy atom. The van der Waals surface area contributed by atoms with Gasteiger partial charge in [0, 0.05) is 31.7 Å². The van der Waals surface area contributed by atoms with Gasteiger partial charge in [0.05, 0.1) is 10.2 Å². The molecule has 24 heavy (non-hydrogen) atoms. The molecule has 0 unspecified atom stereocenters. The first-order valence-corrected chi connectivity index (χ1v) is 9.18. The number of hydrogen-bond acceptors (Lipinski definition) is 4. The molecule has 0 aliphatic carbocycles. The number of para-hydroxylation sites is 1. The molecule has 2 bridgehead atoms. The lowest BCUT2D eigenvalue weighted by Gasteiger charge is -2.26. The zero-order valence-corrected chi connectivity index (χ0v) is 14.1. The quantitative estimate of drug-likeness (QED) is 0.730. The zero-order chi connectivity index (χ0) is 15.9. The number of nitrogens with zero attached hydrogens (tertiary/aromatic N) is 3. The van der Waals surface area contributed by atoms with E-state index >= 15 is 0 Å². The van der Waals surface area contributed by atoms with E-state index in [0.29, 0.717) is 17.3 Å². The highest BCUT2D eigenvalue weighted by atomic mass is 32.1. The van der Waals surface area contributed by atoms with Crippen molar-refractivity contribution in [3.8, 4) is 10.9 Å². The van der Waals surface area contributed by atoms with Crippen LogP contribution in [0.4, 0.5) is 0 Å². The van der Waals surface area contributed by atoms with Gasteiger partial charge in [0.2, 0.25) is 0 Å². The van der Waals surface area contributed by atoms with Crippen LogP contribution in [0.5, 0.6) is 10.9 Å². The van der Waals surface area contributed by atoms with E-state index in [9.17, 15) is 0 Å². The molecule has 121 valence electrons. The van der Waals surface area contributed by atoms with Gasteiger partial charge in [-0.3, -0.25) is 4.90 Å². The first kappa shape index (κ1) is 14.4. The smallest absolute Gasteiger partial charge is 0.279 e. The van der Waals surface area contributed by atoms with Gasteiger partial charge in [-0.15, -0.1) is 0 Å². The fraction of sp³-hybridized carbons (Fsp3) is 0.316. The fourth-order valence-corrected chi connectivity index (χ4v) is 4.47. The second kappa shape index (κ2) is 5.84. The van der Waals surface area contributed by atoms with E-state index in [0.717, 1.165) is 35.6 Å². The average molecular weight is 336 g/mol. The van der Waals surface area contributed by atoms with E-state index in [2.05, 4.69) is 33.4 Å². The molecule has 2 aliphatic heterocycles. The molecule has 0 spiro atoms. The van der Waals surface area contributed by atoms with Gasteiger partial charge in [0.15, 0.2) is 0 Å². The largest absolute Gasteiger partial charge is 0.431 e. The van der Waals surface area contributed by atoms with Crippen LogP contribution in [0, 0.1) is 0 Å². The molecule has 4 nitrogen and oxygen atoms in total. The van der Waals surface area contributed by atoms with Gasteiger partial charge < -0.3 is 4.74 Å². The monoisotopic (exact) mass is 336 g/mol. The van der Waals surface area contributed by atoms with Crippen molar-refractivity contribution in [2.75, 3.05) is 13.1 Å². The number of ether oxygens (including phenoxy) is 1. The molecule has 2 fully saturated rings. The lowest BCUT2D eigenvalue weighted by molar-refractivity contribution is 0.216. The van der Waals surface area contributed by atoms with Gasteiger partial charge >= 0.3 is 0 Å². The van der Waals surface area contributed by atoms with Gasteiger partial charge in [-0.05, 0) is 36.2 Å². The number of rotatable bonds is 4. The molecule has 5 heteroatoms. The second-order valence-corrected chi connectivity index (χ2v) is 7.52. The normalized spacial score (nSPS) is 23.2. The van der Waals surface area contributed by atoms with Crippen molar-refractivity contribution in [2.24, 2.45) is 0 Å². The highest BCUT2D eigenvalue weighted by Gasteiger charge is 2.38. The third-order valence-corrected chi connectivity index (χ3v) is 5.78. The topological polar surface area (TPSA) is 39.5 Å². The summed E-state index contributed by atoms with van der Waals surface area (Å²) in [7, 11) is 0. The second-order valence-electron chi connectivity index (χ2n) is 6.53. The van der Waals surface area contributed by atoms with Gasteiger partial charge in [0.1, 0.15) is 5.75 Å². The van der Waals surface area contributed by atoms with Crippen molar-refractivity contribution in [2.45, 2.75) is 25.0 Å². The van der Waals surface area contributed by atoms with Crippen LogP contribution < -0.4 is 10.1 Å². The van der Waals surface area contributed by atoms with E-state index in [1.807, 2.05) is 30.3 Å². The summed E-state index contributed by atoms with van der Waals surface area (Å²) in [5, 5.41) is 5.30. The van der Waals surface area contributed by atoms with Crippen molar-refractivity contribution in [3.05, 3.63) is 54.1 Å². The van der Waals surface area contributed by atoms with Crippen LogP contribution in [-0.2, 0) is 6.54 Å². The molecule has 2 aromatic carbocycles. The number of benzene rings is 2. The SMILES string of the molecule is c1ccc2sc(Oc3ccc(CN4C[C@@H]5C[C@H]4C[N]5)cc3)nc2c1. The highest BCUT2D eigenvalue weighted by Crippen LogP contribution is 2.31.